The van der Waals surface area contributed by atoms with E-state index >= 15 is 0 Å². The number of hydrogen-bond donors (Lipinski definition) is 2. The van der Waals surface area contributed by atoms with Gasteiger partial charge < -0.3 is 15.4 Å². The molecule has 0 saturated carbocycles. The fraction of sp³-hybridized carbons (Fsp3) is 0.643. The van der Waals surface area contributed by atoms with Crippen LogP contribution in [0.4, 0.5) is 27.8 Å². The van der Waals surface area contributed by atoms with Crippen LogP contribution in [0.25, 0.3) is 0 Å². The minimum absolute atomic E-state index is 0. The highest BCUT2D eigenvalue weighted by Crippen LogP contribution is 2.34. The van der Waals surface area contributed by atoms with E-state index in [4.69, 9.17) is 4.74 Å². The zero-order valence-electron chi connectivity index (χ0n) is 13.0. The smallest absolute Gasteiger partial charge is 0.373 e. The van der Waals surface area contributed by atoms with E-state index in [1.807, 2.05) is 13.8 Å². The first-order chi connectivity index (χ1) is 10.7. The van der Waals surface area contributed by atoms with Gasteiger partial charge in [0.1, 0.15) is 5.82 Å². The lowest BCUT2D eigenvalue weighted by Gasteiger charge is -2.34. The van der Waals surface area contributed by atoms with Gasteiger partial charge in [-0.3, -0.25) is 0 Å². The van der Waals surface area contributed by atoms with Crippen LogP contribution in [0.1, 0.15) is 31.4 Å². The zero-order chi connectivity index (χ0) is 17.2. The molecular formula is C14H19ClF5N3O. The fourth-order valence-electron chi connectivity index (χ4n) is 2.39. The summed E-state index contributed by atoms with van der Waals surface area (Å²) < 4.78 is 69.4. The molecule has 0 bridgehead atoms. The molecule has 1 fully saturated rings. The first-order valence-corrected chi connectivity index (χ1v) is 7.16. The summed E-state index contributed by atoms with van der Waals surface area (Å²) in [6.45, 7) is 4.56. The van der Waals surface area contributed by atoms with Gasteiger partial charge in [0.2, 0.25) is 0 Å². The number of halogens is 6. The second-order valence-electron chi connectivity index (χ2n) is 5.51. The molecule has 2 rings (SSSR count). The number of rotatable bonds is 4. The number of aromatic nitrogens is 1. The molecule has 0 amide bonds. The average Bonchev–Trinajstić information content (AvgIpc) is 2.45. The van der Waals surface area contributed by atoms with E-state index in [1.54, 1.807) is 0 Å². The Balaban J connectivity index is 0.00000288. The monoisotopic (exact) mass is 375 g/mol. The molecule has 3 atom stereocenters. The van der Waals surface area contributed by atoms with Crippen molar-refractivity contribution in [3.8, 4) is 0 Å². The normalized spacial score (nSPS) is 24.6. The second-order valence-corrected chi connectivity index (χ2v) is 5.51. The highest BCUT2D eigenvalue weighted by Gasteiger charge is 2.33. The molecule has 0 unspecified atom stereocenters. The van der Waals surface area contributed by atoms with Gasteiger partial charge in [-0.25, -0.2) is 13.8 Å². The first-order valence-electron chi connectivity index (χ1n) is 7.16. The van der Waals surface area contributed by atoms with E-state index in [1.165, 1.54) is 0 Å². The number of nitrogens with one attached hydrogen (secondary N) is 2. The maximum Gasteiger partial charge on any atom is 0.417 e. The highest BCUT2D eigenvalue weighted by molar-refractivity contribution is 5.85. The van der Waals surface area contributed by atoms with E-state index in [9.17, 15) is 22.0 Å². The number of ether oxygens (including phenoxy) is 1. The Hall–Kier alpha value is -1.19. The molecular weight excluding hydrogens is 357 g/mol. The molecule has 10 heteroatoms. The van der Waals surface area contributed by atoms with Crippen LogP contribution < -0.4 is 10.6 Å². The van der Waals surface area contributed by atoms with Crippen LogP contribution in [-0.2, 0) is 10.9 Å². The van der Waals surface area contributed by atoms with Crippen LogP contribution in [0.3, 0.4) is 0 Å². The summed E-state index contributed by atoms with van der Waals surface area (Å²) in [5.74, 6) is -0.249. The predicted octanol–water partition coefficient (Wildman–Crippen LogP) is 3.64. The standard InChI is InChI=1S/C14H18F5N3O.ClH/c1-7-4-20-11(8(2)23-7)6-22-13-10(12(15)16)3-9(5-21-13)14(17,18)19;/h3,5,7-8,11-12,20H,4,6H2,1-2H3,(H,21,22);1H/t7-,8+,11-;/m1./s1. The largest absolute Gasteiger partial charge is 0.417 e. The van der Waals surface area contributed by atoms with Crippen molar-refractivity contribution >= 4 is 18.2 Å². The van der Waals surface area contributed by atoms with Crippen LogP contribution >= 0.6 is 12.4 Å². The molecule has 1 aromatic heterocycles. The van der Waals surface area contributed by atoms with Crippen molar-refractivity contribution < 1.29 is 26.7 Å². The van der Waals surface area contributed by atoms with E-state index in [2.05, 4.69) is 15.6 Å². The zero-order valence-corrected chi connectivity index (χ0v) is 13.8. The van der Waals surface area contributed by atoms with Gasteiger partial charge in [-0.05, 0) is 19.9 Å². The van der Waals surface area contributed by atoms with Gasteiger partial charge in [-0.2, -0.15) is 13.2 Å². The van der Waals surface area contributed by atoms with Gasteiger partial charge in [-0.1, -0.05) is 0 Å². The van der Waals surface area contributed by atoms with E-state index in [0.717, 1.165) is 0 Å². The Bertz CT molecular complexity index is 544. The molecule has 138 valence electrons. The summed E-state index contributed by atoms with van der Waals surface area (Å²) in [6, 6.07) is 0.275. The Morgan fingerprint density at radius 3 is 2.58 bits per heavy atom. The lowest BCUT2D eigenvalue weighted by Crippen LogP contribution is -2.53. The number of morpholine rings is 1. The molecule has 4 nitrogen and oxygen atoms in total. The quantitative estimate of drug-likeness (QED) is 0.789. The number of alkyl halides is 5. The minimum atomic E-state index is -4.71. The lowest BCUT2D eigenvalue weighted by molar-refractivity contribution is -0.137. The minimum Gasteiger partial charge on any atom is -0.373 e. The molecule has 0 spiro atoms. The van der Waals surface area contributed by atoms with Crippen LogP contribution in [0.2, 0.25) is 0 Å². The van der Waals surface area contributed by atoms with Gasteiger partial charge in [0.15, 0.2) is 0 Å². The maximum atomic E-state index is 13.0. The molecule has 2 heterocycles. The van der Waals surface area contributed by atoms with Gasteiger partial charge >= 0.3 is 6.18 Å². The van der Waals surface area contributed by atoms with Gasteiger partial charge in [0, 0.05) is 19.3 Å². The van der Waals surface area contributed by atoms with Gasteiger partial charge in [0.05, 0.1) is 29.4 Å². The molecule has 0 radical (unpaired) electrons. The Labute approximate surface area is 142 Å². The predicted molar refractivity (Wildman–Crippen MR) is 81.7 cm³/mol. The SMILES string of the molecule is C[C@@H]1CN[C@H](CNc2ncc(C(F)(F)F)cc2C(F)F)[C@H](C)O1.Cl. The Morgan fingerprint density at radius 1 is 1.38 bits per heavy atom. The topological polar surface area (TPSA) is 46.2 Å². The number of anilines is 1. The van der Waals surface area contributed by atoms with E-state index in [-0.39, 0.29) is 43.0 Å². The summed E-state index contributed by atoms with van der Waals surface area (Å²) in [5, 5.41) is 5.88. The van der Waals surface area contributed by atoms with Crippen molar-refractivity contribution in [1.82, 2.24) is 10.3 Å². The third-order valence-corrected chi connectivity index (χ3v) is 3.65. The van der Waals surface area contributed by atoms with Crippen molar-refractivity contribution in [1.29, 1.82) is 0 Å². The highest BCUT2D eigenvalue weighted by atomic mass is 35.5. The molecule has 24 heavy (non-hydrogen) atoms. The van der Waals surface area contributed by atoms with Crippen LogP contribution in [0, 0.1) is 0 Å². The molecule has 1 aliphatic heterocycles. The number of hydrogen-bond acceptors (Lipinski definition) is 4. The van der Waals surface area contributed by atoms with E-state index < -0.39 is 23.7 Å². The Kier molecular flexibility index (Phi) is 7.18. The van der Waals surface area contributed by atoms with Gasteiger partial charge in [0.25, 0.3) is 6.43 Å². The van der Waals surface area contributed by atoms with Crippen LogP contribution in [-0.4, -0.2) is 36.3 Å². The van der Waals surface area contributed by atoms with Crippen molar-refractivity contribution in [2.24, 2.45) is 0 Å². The molecule has 2 N–H and O–H groups in total. The lowest BCUT2D eigenvalue weighted by atomic mass is 10.1. The Morgan fingerprint density at radius 2 is 2.04 bits per heavy atom. The molecule has 0 aromatic carbocycles. The summed E-state index contributed by atoms with van der Waals surface area (Å²) in [4.78, 5) is 3.51. The summed E-state index contributed by atoms with van der Waals surface area (Å²) in [7, 11) is 0. The summed E-state index contributed by atoms with van der Waals surface area (Å²) in [5.41, 5.74) is -1.96. The second kappa shape index (κ2) is 8.26. The average molecular weight is 376 g/mol. The first kappa shape index (κ1) is 20.9. The van der Waals surface area contributed by atoms with Crippen molar-refractivity contribution in [2.75, 3.05) is 18.4 Å². The third-order valence-electron chi connectivity index (χ3n) is 3.65. The maximum absolute atomic E-state index is 13.0. The van der Waals surface area contributed by atoms with Crippen molar-refractivity contribution in [3.63, 3.8) is 0 Å². The summed E-state index contributed by atoms with van der Waals surface area (Å²) >= 11 is 0. The van der Waals surface area contributed by atoms with Crippen molar-refractivity contribution in [3.05, 3.63) is 23.4 Å². The number of pyridine rings is 1. The molecule has 1 saturated heterocycles. The third kappa shape index (κ3) is 5.15. The van der Waals surface area contributed by atoms with Crippen molar-refractivity contribution in [2.45, 2.75) is 44.7 Å². The van der Waals surface area contributed by atoms with Crippen LogP contribution in [0.15, 0.2) is 12.3 Å². The van der Waals surface area contributed by atoms with Crippen LogP contribution in [0.5, 0.6) is 0 Å². The molecule has 1 aliphatic rings. The summed E-state index contributed by atoms with van der Waals surface area (Å²) in [6.07, 6.45) is -7.33. The molecule has 0 aliphatic carbocycles. The van der Waals surface area contributed by atoms with E-state index in [0.29, 0.717) is 18.8 Å². The number of nitrogens with zero attached hydrogens (tertiary/aromatic N) is 1. The fourth-order valence-corrected chi connectivity index (χ4v) is 2.39. The van der Waals surface area contributed by atoms with Gasteiger partial charge in [-0.15, -0.1) is 12.4 Å². The molecule has 1 aromatic rings.